The largest absolute Gasteiger partial charge is 0.385 e. The van der Waals surface area contributed by atoms with E-state index < -0.39 is 0 Å². The lowest BCUT2D eigenvalue weighted by molar-refractivity contribution is 0.177. The van der Waals surface area contributed by atoms with Crippen LogP contribution >= 0.6 is 0 Å². The third-order valence-corrected chi connectivity index (χ3v) is 4.54. The minimum absolute atomic E-state index is 0.303. The van der Waals surface area contributed by atoms with Gasteiger partial charge in [0.1, 0.15) is 0 Å². The summed E-state index contributed by atoms with van der Waals surface area (Å²) in [5, 5.41) is 3.68. The molecule has 0 aromatic heterocycles. The monoisotopic (exact) mass is 275 g/mol. The molecule has 0 amide bonds. The second-order valence-electron chi connectivity index (χ2n) is 6.42. The molecule has 1 atom stereocenters. The first-order valence-corrected chi connectivity index (χ1v) is 7.99. The van der Waals surface area contributed by atoms with Crippen LogP contribution in [0, 0.1) is 0 Å². The van der Waals surface area contributed by atoms with Crippen LogP contribution in [-0.4, -0.2) is 26.3 Å². The van der Waals surface area contributed by atoms with Crippen molar-refractivity contribution in [2.24, 2.45) is 0 Å². The van der Waals surface area contributed by atoms with Crippen molar-refractivity contribution in [3.05, 3.63) is 35.4 Å². The van der Waals surface area contributed by atoms with Gasteiger partial charge in [0.2, 0.25) is 0 Å². The number of fused-ring (bicyclic) bond motifs is 1. The summed E-state index contributed by atoms with van der Waals surface area (Å²) in [6, 6.07) is 9.59. The van der Waals surface area contributed by atoms with E-state index in [1.54, 1.807) is 18.2 Å². The van der Waals surface area contributed by atoms with Gasteiger partial charge >= 0.3 is 0 Å². The quantitative estimate of drug-likeness (QED) is 0.766. The van der Waals surface area contributed by atoms with Crippen molar-refractivity contribution in [2.75, 3.05) is 20.3 Å². The topological polar surface area (TPSA) is 21.3 Å². The summed E-state index contributed by atoms with van der Waals surface area (Å²) in [7, 11) is 1.80. The van der Waals surface area contributed by atoms with Crippen LogP contribution in [0.3, 0.4) is 0 Å². The Morgan fingerprint density at radius 1 is 1.30 bits per heavy atom. The first-order chi connectivity index (χ1) is 9.68. The molecule has 0 fully saturated rings. The zero-order valence-corrected chi connectivity index (χ0v) is 13.2. The highest BCUT2D eigenvalue weighted by atomic mass is 16.5. The van der Waals surface area contributed by atoms with Crippen LogP contribution in [0.2, 0.25) is 0 Å². The summed E-state index contributed by atoms with van der Waals surface area (Å²) in [5.74, 6) is 0. The van der Waals surface area contributed by atoms with Gasteiger partial charge in [0, 0.05) is 31.7 Å². The molecule has 0 saturated carbocycles. The average Bonchev–Trinajstić information content (AvgIpc) is 2.46. The second-order valence-corrected chi connectivity index (χ2v) is 6.42. The molecule has 2 rings (SSSR count). The smallest absolute Gasteiger partial charge is 0.0462 e. The van der Waals surface area contributed by atoms with Gasteiger partial charge in [0.05, 0.1) is 0 Å². The fourth-order valence-corrected chi connectivity index (χ4v) is 3.49. The molecular formula is C18H29NO. The molecule has 0 heterocycles. The van der Waals surface area contributed by atoms with Crippen LogP contribution in [-0.2, 0) is 16.6 Å². The predicted molar refractivity (Wildman–Crippen MR) is 85.3 cm³/mol. The molecule has 0 spiro atoms. The lowest BCUT2D eigenvalue weighted by Crippen LogP contribution is -2.43. The van der Waals surface area contributed by atoms with E-state index in [1.165, 1.54) is 25.7 Å². The van der Waals surface area contributed by atoms with E-state index in [2.05, 4.69) is 43.4 Å². The molecule has 2 heteroatoms. The van der Waals surface area contributed by atoms with Gasteiger partial charge in [-0.15, -0.1) is 0 Å². The first-order valence-electron chi connectivity index (χ1n) is 7.99. The fourth-order valence-electron chi connectivity index (χ4n) is 3.49. The molecule has 1 aromatic carbocycles. The van der Waals surface area contributed by atoms with Crippen molar-refractivity contribution < 1.29 is 4.74 Å². The van der Waals surface area contributed by atoms with Crippen LogP contribution in [0.25, 0.3) is 0 Å². The van der Waals surface area contributed by atoms with Gasteiger partial charge in [-0.3, -0.25) is 0 Å². The highest BCUT2D eigenvalue weighted by molar-refractivity contribution is 5.37. The van der Waals surface area contributed by atoms with Crippen molar-refractivity contribution in [3.63, 3.8) is 0 Å². The van der Waals surface area contributed by atoms with E-state index in [0.717, 1.165) is 19.6 Å². The normalized spacial score (nSPS) is 22.0. The highest BCUT2D eigenvalue weighted by Gasteiger charge is 2.35. The third-order valence-electron chi connectivity index (χ3n) is 4.54. The van der Waals surface area contributed by atoms with E-state index in [4.69, 9.17) is 4.74 Å². The van der Waals surface area contributed by atoms with Gasteiger partial charge in [-0.1, -0.05) is 38.1 Å². The second kappa shape index (κ2) is 7.24. The van der Waals surface area contributed by atoms with Crippen LogP contribution in [0.1, 0.15) is 50.7 Å². The van der Waals surface area contributed by atoms with Gasteiger partial charge in [-0.2, -0.15) is 0 Å². The number of ether oxygens (including phenoxy) is 1. The maximum atomic E-state index is 5.27. The number of rotatable bonds is 7. The van der Waals surface area contributed by atoms with Crippen LogP contribution in [0.5, 0.6) is 0 Å². The van der Waals surface area contributed by atoms with Gasteiger partial charge in [-0.05, 0) is 43.2 Å². The summed E-state index contributed by atoms with van der Waals surface area (Å²) in [4.78, 5) is 0. The molecule has 0 radical (unpaired) electrons. The van der Waals surface area contributed by atoms with E-state index in [0.29, 0.717) is 11.5 Å². The first kappa shape index (κ1) is 15.5. The van der Waals surface area contributed by atoms with E-state index >= 15 is 0 Å². The minimum Gasteiger partial charge on any atom is -0.385 e. The number of nitrogens with one attached hydrogen (secondary N) is 1. The van der Waals surface area contributed by atoms with Gasteiger partial charge in [-0.25, -0.2) is 0 Å². The molecule has 0 saturated heterocycles. The standard InChI is InChI=1S/C18H29NO/c1-15(2)19-14-18(12-7-13-20-3)11-6-9-16-8-4-5-10-17(16)18/h4-5,8,10,15,19H,6-7,9,11-14H2,1-3H3. The molecule has 0 bridgehead atoms. The van der Waals surface area contributed by atoms with Gasteiger partial charge in [0.15, 0.2) is 0 Å². The zero-order chi connectivity index (χ0) is 14.4. The predicted octanol–water partition coefficient (Wildman–Crippen LogP) is 3.69. The Bertz CT molecular complexity index is 416. The molecule has 1 unspecified atom stereocenters. The summed E-state index contributed by atoms with van der Waals surface area (Å²) < 4.78 is 5.27. The summed E-state index contributed by atoms with van der Waals surface area (Å²) >= 11 is 0. The van der Waals surface area contributed by atoms with E-state index in [9.17, 15) is 0 Å². The van der Waals surface area contributed by atoms with Crippen LogP contribution in [0.15, 0.2) is 24.3 Å². The molecule has 112 valence electrons. The zero-order valence-electron chi connectivity index (χ0n) is 13.2. The SMILES string of the molecule is COCCCC1(CNC(C)C)CCCc2ccccc21. The Labute approximate surface area is 123 Å². The lowest BCUT2D eigenvalue weighted by atomic mass is 9.67. The Kier molecular flexibility index (Phi) is 5.62. The molecular weight excluding hydrogens is 246 g/mol. The number of hydrogen-bond acceptors (Lipinski definition) is 2. The maximum absolute atomic E-state index is 5.27. The van der Waals surface area contributed by atoms with Crippen LogP contribution in [0.4, 0.5) is 0 Å². The van der Waals surface area contributed by atoms with Crippen LogP contribution < -0.4 is 5.32 Å². The fraction of sp³-hybridized carbons (Fsp3) is 0.667. The highest BCUT2D eigenvalue weighted by Crippen LogP contribution is 2.40. The minimum atomic E-state index is 0.303. The molecule has 20 heavy (non-hydrogen) atoms. The van der Waals surface area contributed by atoms with E-state index in [1.807, 2.05) is 0 Å². The summed E-state index contributed by atoms with van der Waals surface area (Å²) in [6.45, 7) is 6.42. The Morgan fingerprint density at radius 2 is 2.10 bits per heavy atom. The van der Waals surface area contributed by atoms with Crippen molar-refractivity contribution in [1.29, 1.82) is 0 Å². The van der Waals surface area contributed by atoms with Gasteiger partial charge in [0.25, 0.3) is 0 Å². The number of hydrogen-bond donors (Lipinski definition) is 1. The number of aryl methyl sites for hydroxylation is 1. The molecule has 1 N–H and O–H groups in total. The Balaban J connectivity index is 2.22. The van der Waals surface area contributed by atoms with Crippen molar-refractivity contribution in [2.45, 2.75) is 57.4 Å². The van der Waals surface area contributed by atoms with Crippen molar-refractivity contribution in [1.82, 2.24) is 5.32 Å². The van der Waals surface area contributed by atoms with Crippen molar-refractivity contribution in [3.8, 4) is 0 Å². The molecule has 0 aliphatic heterocycles. The maximum Gasteiger partial charge on any atom is 0.0462 e. The molecule has 2 nitrogen and oxygen atoms in total. The molecule has 1 aliphatic rings. The lowest BCUT2D eigenvalue weighted by Gasteiger charge is -2.40. The average molecular weight is 275 g/mol. The third kappa shape index (κ3) is 3.62. The molecule has 1 aliphatic carbocycles. The van der Waals surface area contributed by atoms with Gasteiger partial charge < -0.3 is 10.1 Å². The number of benzene rings is 1. The number of methoxy groups -OCH3 is 1. The Hall–Kier alpha value is -0.860. The summed E-state index contributed by atoms with van der Waals surface area (Å²) in [6.07, 6.45) is 6.21. The summed E-state index contributed by atoms with van der Waals surface area (Å²) in [5.41, 5.74) is 3.44. The molecule has 1 aromatic rings. The van der Waals surface area contributed by atoms with E-state index in [-0.39, 0.29) is 0 Å². The van der Waals surface area contributed by atoms with Crippen molar-refractivity contribution >= 4 is 0 Å². The Morgan fingerprint density at radius 3 is 2.85 bits per heavy atom.